The van der Waals surface area contributed by atoms with Crippen LogP contribution in [0.2, 0.25) is 5.02 Å². The molecule has 0 atom stereocenters. The Morgan fingerprint density at radius 3 is 2.44 bits per heavy atom. The van der Waals surface area contributed by atoms with Crippen LogP contribution in [0.25, 0.3) is 17.3 Å². The predicted molar refractivity (Wildman–Crippen MR) is 111 cm³/mol. The van der Waals surface area contributed by atoms with Gasteiger partial charge in [0.25, 0.3) is 0 Å². The number of aromatic nitrogens is 2. The van der Waals surface area contributed by atoms with Crippen molar-refractivity contribution in [1.29, 1.82) is 0 Å². The summed E-state index contributed by atoms with van der Waals surface area (Å²) in [7, 11) is 0. The fourth-order valence-electron chi connectivity index (χ4n) is 2.59. The molecule has 0 radical (unpaired) electrons. The zero-order valence-electron chi connectivity index (χ0n) is 15.2. The maximum Gasteiger partial charge on any atom is 0.230 e. The number of anilines is 1. The lowest BCUT2D eigenvalue weighted by molar-refractivity contribution is -0.115. The van der Waals surface area contributed by atoms with Crippen LogP contribution < -0.4 is 5.32 Å². The SMILES string of the molecule is CC(C)=Cc1nc(-c2ccccc2)cnc1NC(=O)Cc1ccc(Cl)cc1. The van der Waals surface area contributed by atoms with Gasteiger partial charge >= 0.3 is 0 Å². The zero-order valence-corrected chi connectivity index (χ0v) is 16.0. The molecule has 2 aromatic carbocycles. The minimum atomic E-state index is -0.150. The number of halogens is 1. The molecular weight excluding hydrogens is 358 g/mol. The van der Waals surface area contributed by atoms with Crippen LogP contribution in [0.3, 0.4) is 0 Å². The lowest BCUT2D eigenvalue weighted by Crippen LogP contribution is -2.16. The maximum absolute atomic E-state index is 12.4. The Bertz CT molecular complexity index is 963. The molecule has 0 bridgehead atoms. The van der Waals surface area contributed by atoms with Crippen LogP contribution in [0.15, 0.2) is 66.4 Å². The first-order chi connectivity index (χ1) is 13.0. The van der Waals surface area contributed by atoms with Crippen LogP contribution in [0.4, 0.5) is 5.82 Å². The highest BCUT2D eigenvalue weighted by Crippen LogP contribution is 2.21. The molecule has 0 fully saturated rings. The fraction of sp³-hybridized carbons (Fsp3) is 0.136. The largest absolute Gasteiger partial charge is 0.309 e. The molecule has 0 spiro atoms. The van der Waals surface area contributed by atoms with Crippen LogP contribution in [0.1, 0.15) is 25.1 Å². The lowest BCUT2D eigenvalue weighted by atomic mass is 10.1. The summed E-state index contributed by atoms with van der Waals surface area (Å²) in [6.45, 7) is 3.96. The van der Waals surface area contributed by atoms with Crippen molar-refractivity contribution in [3.63, 3.8) is 0 Å². The molecule has 136 valence electrons. The van der Waals surface area contributed by atoms with Crippen molar-refractivity contribution in [2.75, 3.05) is 5.32 Å². The second-order valence-electron chi connectivity index (χ2n) is 6.43. The summed E-state index contributed by atoms with van der Waals surface area (Å²) in [6, 6.07) is 17.1. The van der Waals surface area contributed by atoms with Gasteiger partial charge in [0.05, 0.1) is 18.3 Å². The van der Waals surface area contributed by atoms with Gasteiger partial charge in [0, 0.05) is 10.6 Å². The normalized spacial score (nSPS) is 10.3. The number of rotatable bonds is 5. The van der Waals surface area contributed by atoms with E-state index in [0.29, 0.717) is 16.5 Å². The quantitative estimate of drug-likeness (QED) is 0.647. The van der Waals surface area contributed by atoms with Crippen molar-refractivity contribution in [2.24, 2.45) is 0 Å². The highest BCUT2D eigenvalue weighted by Gasteiger charge is 2.11. The van der Waals surface area contributed by atoms with Crippen molar-refractivity contribution in [2.45, 2.75) is 20.3 Å². The third-order valence-electron chi connectivity index (χ3n) is 3.83. The van der Waals surface area contributed by atoms with E-state index in [1.165, 1.54) is 0 Å². The molecule has 3 aromatic rings. The number of carbonyl (C=O) groups is 1. The molecule has 0 aliphatic heterocycles. The average Bonchev–Trinajstić information content (AvgIpc) is 2.65. The highest BCUT2D eigenvalue weighted by molar-refractivity contribution is 6.30. The van der Waals surface area contributed by atoms with Crippen LogP contribution in [-0.2, 0) is 11.2 Å². The van der Waals surface area contributed by atoms with Gasteiger partial charge in [-0.15, -0.1) is 0 Å². The van der Waals surface area contributed by atoms with Crippen molar-refractivity contribution in [3.8, 4) is 11.3 Å². The molecule has 0 saturated carbocycles. The molecule has 1 N–H and O–H groups in total. The number of benzene rings is 2. The average molecular weight is 378 g/mol. The minimum absolute atomic E-state index is 0.150. The number of nitrogens with zero attached hydrogens (tertiary/aromatic N) is 2. The number of amides is 1. The maximum atomic E-state index is 12.4. The molecule has 0 unspecified atom stereocenters. The molecule has 1 amide bonds. The molecule has 27 heavy (non-hydrogen) atoms. The Hall–Kier alpha value is -2.98. The molecule has 1 aromatic heterocycles. The minimum Gasteiger partial charge on any atom is -0.309 e. The van der Waals surface area contributed by atoms with E-state index in [4.69, 9.17) is 11.6 Å². The summed E-state index contributed by atoms with van der Waals surface area (Å²) in [4.78, 5) is 21.6. The van der Waals surface area contributed by atoms with Crippen molar-refractivity contribution >= 4 is 29.4 Å². The third-order valence-corrected chi connectivity index (χ3v) is 4.08. The van der Waals surface area contributed by atoms with Gasteiger partial charge in [0.15, 0.2) is 5.82 Å². The molecule has 0 aliphatic rings. The summed E-state index contributed by atoms with van der Waals surface area (Å²) in [5.74, 6) is 0.303. The van der Waals surface area contributed by atoms with Gasteiger partial charge in [-0.3, -0.25) is 4.79 Å². The zero-order chi connectivity index (χ0) is 19.2. The standard InChI is InChI=1S/C22H20ClN3O/c1-15(2)12-19-22(24-14-20(25-19)17-6-4-3-5-7-17)26-21(27)13-16-8-10-18(23)11-9-16/h3-12,14H,13H2,1-2H3,(H,24,26,27). The lowest BCUT2D eigenvalue weighted by Gasteiger charge is -2.10. The Morgan fingerprint density at radius 1 is 1.07 bits per heavy atom. The first kappa shape index (κ1) is 18.8. The first-order valence-corrected chi connectivity index (χ1v) is 9.01. The summed E-state index contributed by atoms with van der Waals surface area (Å²) < 4.78 is 0. The molecule has 0 aliphatic carbocycles. The second kappa shape index (κ2) is 8.60. The van der Waals surface area contributed by atoms with E-state index < -0.39 is 0 Å². The fourth-order valence-corrected chi connectivity index (χ4v) is 2.71. The smallest absolute Gasteiger partial charge is 0.230 e. The molecule has 4 nitrogen and oxygen atoms in total. The number of carbonyl (C=O) groups excluding carboxylic acids is 1. The Morgan fingerprint density at radius 2 is 1.78 bits per heavy atom. The number of allylic oxidation sites excluding steroid dienone is 1. The molecule has 0 saturated heterocycles. The van der Waals surface area contributed by atoms with Crippen LogP contribution >= 0.6 is 11.6 Å². The third kappa shape index (κ3) is 5.25. The summed E-state index contributed by atoms with van der Waals surface area (Å²) in [5, 5.41) is 3.51. The summed E-state index contributed by atoms with van der Waals surface area (Å²) >= 11 is 5.89. The van der Waals surface area contributed by atoms with Gasteiger partial charge in [-0.25, -0.2) is 9.97 Å². The van der Waals surface area contributed by atoms with Crippen molar-refractivity contribution < 1.29 is 4.79 Å². The van der Waals surface area contributed by atoms with E-state index in [0.717, 1.165) is 22.4 Å². The second-order valence-corrected chi connectivity index (χ2v) is 6.86. The number of nitrogens with one attached hydrogen (secondary N) is 1. The molecule has 5 heteroatoms. The van der Waals surface area contributed by atoms with E-state index >= 15 is 0 Å². The van der Waals surface area contributed by atoms with Gasteiger partial charge in [0.2, 0.25) is 5.91 Å². The molecular formula is C22H20ClN3O. The van der Waals surface area contributed by atoms with E-state index in [1.807, 2.05) is 62.4 Å². The van der Waals surface area contributed by atoms with Gasteiger partial charge < -0.3 is 5.32 Å². The van der Waals surface area contributed by atoms with Gasteiger partial charge in [-0.1, -0.05) is 59.6 Å². The molecule has 3 rings (SSSR count). The van der Waals surface area contributed by atoms with Crippen LogP contribution in [0, 0.1) is 0 Å². The van der Waals surface area contributed by atoms with E-state index in [9.17, 15) is 4.79 Å². The Labute approximate surface area is 163 Å². The summed E-state index contributed by atoms with van der Waals surface area (Å²) in [6.07, 6.45) is 3.83. The van der Waals surface area contributed by atoms with Crippen LogP contribution in [-0.4, -0.2) is 15.9 Å². The summed E-state index contributed by atoms with van der Waals surface area (Å²) in [5.41, 5.74) is 4.34. The van der Waals surface area contributed by atoms with E-state index in [1.54, 1.807) is 18.3 Å². The number of hydrogen-bond acceptors (Lipinski definition) is 3. The van der Waals surface area contributed by atoms with E-state index in [2.05, 4.69) is 15.3 Å². The number of hydrogen-bond donors (Lipinski definition) is 1. The predicted octanol–water partition coefficient (Wildman–Crippen LogP) is 5.40. The topological polar surface area (TPSA) is 54.9 Å². The monoisotopic (exact) mass is 377 g/mol. The van der Waals surface area contributed by atoms with E-state index in [-0.39, 0.29) is 12.3 Å². The van der Waals surface area contributed by atoms with Gasteiger partial charge in [-0.05, 0) is 37.6 Å². The Balaban J connectivity index is 1.84. The Kier molecular flexibility index (Phi) is 5.99. The van der Waals surface area contributed by atoms with Gasteiger partial charge in [-0.2, -0.15) is 0 Å². The van der Waals surface area contributed by atoms with Crippen molar-refractivity contribution in [1.82, 2.24) is 9.97 Å². The first-order valence-electron chi connectivity index (χ1n) is 8.63. The highest BCUT2D eigenvalue weighted by atomic mass is 35.5. The van der Waals surface area contributed by atoms with Gasteiger partial charge in [0.1, 0.15) is 5.69 Å². The van der Waals surface area contributed by atoms with Crippen LogP contribution in [0.5, 0.6) is 0 Å². The molecule has 1 heterocycles. The van der Waals surface area contributed by atoms with Crippen molar-refractivity contribution in [3.05, 3.63) is 82.6 Å².